The fourth-order valence-electron chi connectivity index (χ4n) is 3.65. The maximum atomic E-state index is 13.8. The molecule has 7 nitrogen and oxygen atoms in total. The highest BCUT2D eigenvalue weighted by Gasteiger charge is 2.54. The minimum atomic E-state index is -4.11. The number of ether oxygens (including phenoxy) is 1. The van der Waals surface area contributed by atoms with Crippen LogP contribution in [0.2, 0.25) is 0 Å². The Morgan fingerprint density at radius 2 is 2.00 bits per heavy atom. The van der Waals surface area contributed by atoms with Crippen molar-refractivity contribution in [3.63, 3.8) is 0 Å². The summed E-state index contributed by atoms with van der Waals surface area (Å²) in [4.78, 5) is 22.5. The molecule has 2 heterocycles. The molecule has 0 saturated carbocycles. The first kappa shape index (κ1) is 16.8. The second-order valence-corrected chi connectivity index (χ2v) is 7.82. The number of fused-ring (bicyclic) bond motifs is 2. The first-order valence-corrected chi connectivity index (χ1v) is 8.85. The predicted octanol–water partition coefficient (Wildman–Crippen LogP) is 1.24. The van der Waals surface area contributed by atoms with E-state index in [1.165, 1.54) is 4.31 Å². The maximum Gasteiger partial charge on any atom is 0.337 e. The lowest BCUT2D eigenvalue weighted by Crippen LogP contribution is -2.38. The Kier molecular flexibility index (Phi) is 4.08. The van der Waals surface area contributed by atoms with E-state index in [9.17, 15) is 27.5 Å². The molecule has 1 aromatic carbocycles. The second kappa shape index (κ2) is 5.82. The van der Waals surface area contributed by atoms with Crippen molar-refractivity contribution in [3.8, 4) is 0 Å². The van der Waals surface area contributed by atoms with E-state index in [-0.39, 0.29) is 16.9 Å². The molecule has 9 heteroatoms. The van der Waals surface area contributed by atoms with Crippen molar-refractivity contribution in [2.24, 2.45) is 5.92 Å². The number of carbonyl (C=O) groups is 2. The molecule has 3 atom stereocenters. The van der Waals surface area contributed by atoms with Crippen molar-refractivity contribution in [1.29, 1.82) is 0 Å². The summed E-state index contributed by atoms with van der Waals surface area (Å²) >= 11 is 0. The van der Waals surface area contributed by atoms with E-state index in [0.717, 1.165) is 25.3 Å². The lowest BCUT2D eigenvalue weighted by atomic mass is 9.89. The molecule has 2 saturated heterocycles. The normalized spacial score (nSPS) is 26.5. The van der Waals surface area contributed by atoms with Gasteiger partial charge in [-0.05, 0) is 37.5 Å². The number of carbonyl (C=O) groups excluding carboxylic acids is 1. The molecule has 0 aliphatic carbocycles. The number of esters is 1. The summed E-state index contributed by atoms with van der Waals surface area (Å²) in [5.74, 6) is -3.51. The summed E-state index contributed by atoms with van der Waals surface area (Å²) in [5, 5.41) is 9.24. The van der Waals surface area contributed by atoms with Crippen molar-refractivity contribution in [2.75, 3.05) is 7.11 Å². The van der Waals surface area contributed by atoms with Crippen LogP contribution >= 0.6 is 0 Å². The highest BCUT2D eigenvalue weighted by Crippen LogP contribution is 2.45. The predicted molar refractivity (Wildman–Crippen MR) is 79.3 cm³/mol. The van der Waals surface area contributed by atoms with Crippen LogP contribution in [0, 0.1) is 11.7 Å². The number of hydrogen-bond acceptors (Lipinski definition) is 5. The van der Waals surface area contributed by atoms with Gasteiger partial charge in [-0.1, -0.05) is 0 Å². The molecule has 0 aromatic heterocycles. The van der Waals surface area contributed by atoms with Gasteiger partial charge >= 0.3 is 11.9 Å². The molecule has 1 N–H and O–H groups in total. The van der Waals surface area contributed by atoms with Crippen LogP contribution in [0.5, 0.6) is 0 Å². The Morgan fingerprint density at radius 1 is 1.29 bits per heavy atom. The van der Waals surface area contributed by atoms with Crippen molar-refractivity contribution in [3.05, 3.63) is 29.6 Å². The SMILES string of the molecule is COC(=O)c1cc(F)cc(S(=O)(=O)N2C3CCC2C(C(=O)O)C3)c1. The summed E-state index contributed by atoms with van der Waals surface area (Å²) in [7, 11) is -2.99. The van der Waals surface area contributed by atoms with Crippen molar-refractivity contribution < 1.29 is 32.2 Å². The number of benzene rings is 1. The van der Waals surface area contributed by atoms with Crippen LogP contribution in [-0.4, -0.2) is 49.0 Å². The van der Waals surface area contributed by atoms with Crippen LogP contribution in [0.1, 0.15) is 29.6 Å². The minimum Gasteiger partial charge on any atom is -0.481 e. The van der Waals surface area contributed by atoms with E-state index >= 15 is 0 Å². The highest BCUT2D eigenvalue weighted by molar-refractivity contribution is 7.89. The fourth-order valence-corrected chi connectivity index (χ4v) is 5.62. The standard InChI is InChI=1S/C15H16FNO6S/c1-23-15(20)8-4-9(16)6-11(5-8)24(21,22)17-10-2-3-13(17)12(7-10)14(18)19/h4-6,10,12-13H,2-3,7H2,1H3,(H,18,19). The van der Waals surface area contributed by atoms with Gasteiger partial charge in [0.15, 0.2) is 0 Å². The lowest BCUT2D eigenvalue weighted by Gasteiger charge is -2.22. The van der Waals surface area contributed by atoms with Gasteiger partial charge in [0, 0.05) is 12.1 Å². The van der Waals surface area contributed by atoms with Crippen LogP contribution in [0.25, 0.3) is 0 Å². The van der Waals surface area contributed by atoms with Crippen LogP contribution in [0.4, 0.5) is 4.39 Å². The third-order valence-electron chi connectivity index (χ3n) is 4.66. The van der Waals surface area contributed by atoms with E-state index in [2.05, 4.69) is 4.74 Å². The third kappa shape index (κ3) is 2.57. The molecule has 2 aliphatic heterocycles. The number of nitrogens with zero attached hydrogens (tertiary/aromatic N) is 1. The smallest absolute Gasteiger partial charge is 0.337 e. The number of halogens is 1. The van der Waals surface area contributed by atoms with E-state index in [1.807, 2.05) is 0 Å². The summed E-state index contributed by atoms with van der Waals surface area (Å²) < 4.78 is 45.2. The Balaban J connectivity index is 2.02. The summed E-state index contributed by atoms with van der Waals surface area (Å²) in [6.45, 7) is 0. The van der Waals surface area contributed by atoms with Crippen molar-refractivity contribution in [2.45, 2.75) is 36.2 Å². The molecule has 0 spiro atoms. The van der Waals surface area contributed by atoms with Crippen LogP contribution < -0.4 is 0 Å². The number of carboxylic acid groups (broad SMARTS) is 1. The van der Waals surface area contributed by atoms with Gasteiger partial charge in [-0.3, -0.25) is 4.79 Å². The Morgan fingerprint density at radius 3 is 2.58 bits per heavy atom. The lowest BCUT2D eigenvalue weighted by molar-refractivity contribution is -0.142. The molecule has 130 valence electrons. The molecule has 1 aromatic rings. The van der Waals surface area contributed by atoms with E-state index < -0.39 is 45.8 Å². The third-order valence-corrected chi connectivity index (χ3v) is 6.61. The highest BCUT2D eigenvalue weighted by atomic mass is 32.2. The molecule has 24 heavy (non-hydrogen) atoms. The molecular formula is C15H16FNO6S. The molecule has 2 bridgehead atoms. The molecule has 3 rings (SSSR count). The maximum absolute atomic E-state index is 13.8. The summed E-state index contributed by atoms with van der Waals surface area (Å²) in [6.07, 6.45) is 1.28. The molecule has 0 amide bonds. The van der Waals surface area contributed by atoms with Gasteiger partial charge in [0.2, 0.25) is 10.0 Å². The van der Waals surface area contributed by atoms with Gasteiger partial charge in [0.1, 0.15) is 5.82 Å². The average Bonchev–Trinajstić information content (AvgIpc) is 3.12. The molecule has 2 aliphatic rings. The summed E-state index contributed by atoms with van der Waals surface area (Å²) in [5.41, 5.74) is -0.211. The number of methoxy groups -OCH3 is 1. The first-order valence-electron chi connectivity index (χ1n) is 7.41. The van der Waals surface area contributed by atoms with Crippen LogP contribution in [0.15, 0.2) is 23.1 Å². The van der Waals surface area contributed by atoms with Gasteiger partial charge in [0.05, 0.1) is 23.5 Å². The molecular weight excluding hydrogens is 341 g/mol. The first-order chi connectivity index (χ1) is 11.3. The Labute approximate surface area is 138 Å². The van der Waals surface area contributed by atoms with Gasteiger partial charge in [-0.15, -0.1) is 0 Å². The minimum absolute atomic E-state index is 0.211. The zero-order valence-corrected chi connectivity index (χ0v) is 13.6. The fraction of sp³-hybridized carbons (Fsp3) is 0.467. The zero-order valence-electron chi connectivity index (χ0n) is 12.8. The number of hydrogen-bond donors (Lipinski definition) is 1. The largest absolute Gasteiger partial charge is 0.481 e. The molecule has 0 radical (unpaired) electrons. The Bertz CT molecular complexity index is 808. The zero-order chi connectivity index (χ0) is 17.6. The van der Waals surface area contributed by atoms with Gasteiger partial charge in [-0.2, -0.15) is 4.31 Å². The van der Waals surface area contributed by atoms with E-state index in [0.29, 0.717) is 12.8 Å². The van der Waals surface area contributed by atoms with E-state index in [4.69, 9.17) is 0 Å². The Hall–Kier alpha value is -2.00. The van der Waals surface area contributed by atoms with Gasteiger partial charge < -0.3 is 9.84 Å². The van der Waals surface area contributed by atoms with Gasteiger partial charge in [0.25, 0.3) is 0 Å². The quantitative estimate of drug-likeness (QED) is 0.814. The van der Waals surface area contributed by atoms with Crippen molar-refractivity contribution in [1.82, 2.24) is 4.31 Å². The average molecular weight is 357 g/mol. The molecule has 3 unspecified atom stereocenters. The number of rotatable bonds is 4. The second-order valence-electron chi connectivity index (χ2n) is 5.98. The topological polar surface area (TPSA) is 101 Å². The number of sulfonamides is 1. The molecule has 2 fully saturated rings. The van der Waals surface area contributed by atoms with E-state index in [1.54, 1.807) is 0 Å². The summed E-state index contributed by atoms with van der Waals surface area (Å²) in [6, 6.07) is 1.73. The van der Waals surface area contributed by atoms with Crippen molar-refractivity contribution >= 4 is 22.0 Å². The van der Waals surface area contributed by atoms with Crippen LogP contribution in [0.3, 0.4) is 0 Å². The monoisotopic (exact) mass is 357 g/mol. The number of aliphatic carboxylic acids is 1. The number of carboxylic acids is 1. The van der Waals surface area contributed by atoms with Gasteiger partial charge in [-0.25, -0.2) is 17.6 Å². The van der Waals surface area contributed by atoms with Crippen LogP contribution in [-0.2, 0) is 19.6 Å².